The molecule has 8 heteroatoms. The van der Waals surface area contributed by atoms with Crippen molar-refractivity contribution in [2.45, 2.75) is 11.3 Å². The van der Waals surface area contributed by atoms with Crippen molar-refractivity contribution >= 4 is 23.4 Å². The van der Waals surface area contributed by atoms with Gasteiger partial charge in [-0.3, -0.25) is 14.9 Å². The topological polar surface area (TPSA) is 90.7 Å². The lowest BCUT2D eigenvalue weighted by Crippen LogP contribution is -2.26. The molecule has 0 aliphatic rings. The molecule has 138 valence electrons. The lowest BCUT2D eigenvalue weighted by Gasteiger charge is -2.11. The molecule has 0 unspecified atom stereocenters. The van der Waals surface area contributed by atoms with Crippen LogP contribution in [0.5, 0.6) is 11.5 Å². The van der Waals surface area contributed by atoms with E-state index in [1.807, 2.05) is 18.4 Å². The van der Waals surface area contributed by atoms with E-state index in [0.717, 1.165) is 4.90 Å². The minimum atomic E-state index is -0.470. The number of nitro groups is 1. The highest BCUT2D eigenvalue weighted by Crippen LogP contribution is 2.34. The number of carbonyl (C=O) groups excluding carboxylic acids is 1. The first-order valence-corrected chi connectivity index (χ1v) is 9.04. The van der Waals surface area contributed by atoms with Gasteiger partial charge in [-0.25, -0.2) is 0 Å². The molecule has 0 spiro atoms. The molecular formula is C18H20N2O5S. The lowest BCUT2D eigenvalue weighted by molar-refractivity contribution is -0.385. The van der Waals surface area contributed by atoms with Crippen LogP contribution in [-0.2, 0) is 6.42 Å². The molecule has 2 aromatic rings. The quantitative estimate of drug-likeness (QED) is 0.432. The largest absolute Gasteiger partial charge is 0.493 e. The van der Waals surface area contributed by atoms with Gasteiger partial charge < -0.3 is 14.8 Å². The Morgan fingerprint density at radius 3 is 2.46 bits per heavy atom. The number of carbonyl (C=O) groups is 1. The van der Waals surface area contributed by atoms with E-state index >= 15 is 0 Å². The first-order chi connectivity index (χ1) is 12.5. The first kappa shape index (κ1) is 19.6. The fourth-order valence-corrected chi connectivity index (χ4v) is 3.11. The van der Waals surface area contributed by atoms with Crippen molar-refractivity contribution in [3.63, 3.8) is 0 Å². The number of nitro benzene ring substituents is 1. The zero-order valence-electron chi connectivity index (χ0n) is 14.8. The predicted molar refractivity (Wildman–Crippen MR) is 100 cm³/mol. The summed E-state index contributed by atoms with van der Waals surface area (Å²) in [5.74, 6) is 0.492. The van der Waals surface area contributed by atoms with Crippen molar-refractivity contribution in [1.82, 2.24) is 5.32 Å². The number of amides is 1. The third-order valence-electron chi connectivity index (χ3n) is 3.81. The standard InChI is InChI=1S/C18H20N2O5S/c1-24-15-10-12(14(20(22)23)11-16(15)25-2)8-9-19-18(21)13-6-4-5-7-17(13)26-3/h4-7,10-11H,8-9H2,1-3H3,(H,19,21). The number of benzene rings is 2. The minimum Gasteiger partial charge on any atom is -0.493 e. The smallest absolute Gasteiger partial charge is 0.276 e. The molecule has 1 amide bonds. The van der Waals surface area contributed by atoms with E-state index in [2.05, 4.69) is 5.32 Å². The Labute approximate surface area is 155 Å². The van der Waals surface area contributed by atoms with Gasteiger partial charge in [0.2, 0.25) is 0 Å². The highest BCUT2D eigenvalue weighted by molar-refractivity contribution is 7.98. The molecule has 7 nitrogen and oxygen atoms in total. The van der Waals surface area contributed by atoms with Gasteiger partial charge in [0, 0.05) is 17.0 Å². The van der Waals surface area contributed by atoms with E-state index in [9.17, 15) is 14.9 Å². The average Bonchev–Trinajstić information content (AvgIpc) is 2.66. The van der Waals surface area contributed by atoms with Crippen molar-refractivity contribution in [3.05, 3.63) is 57.6 Å². The van der Waals surface area contributed by atoms with Gasteiger partial charge in [0.25, 0.3) is 11.6 Å². The number of nitrogens with zero attached hydrogens (tertiary/aromatic N) is 1. The summed E-state index contributed by atoms with van der Waals surface area (Å²) < 4.78 is 10.3. The van der Waals surface area contributed by atoms with Gasteiger partial charge in [0.05, 0.1) is 30.8 Å². The van der Waals surface area contributed by atoms with Crippen LogP contribution < -0.4 is 14.8 Å². The van der Waals surface area contributed by atoms with Crippen molar-refractivity contribution in [2.75, 3.05) is 27.0 Å². The lowest BCUT2D eigenvalue weighted by atomic mass is 10.1. The minimum absolute atomic E-state index is 0.0681. The zero-order chi connectivity index (χ0) is 19.1. The van der Waals surface area contributed by atoms with E-state index in [1.165, 1.54) is 32.0 Å². The molecule has 0 atom stereocenters. The highest BCUT2D eigenvalue weighted by Gasteiger charge is 2.19. The highest BCUT2D eigenvalue weighted by atomic mass is 32.2. The van der Waals surface area contributed by atoms with E-state index in [-0.39, 0.29) is 18.1 Å². The maximum atomic E-state index is 12.4. The molecule has 1 N–H and O–H groups in total. The molecule has 0 saturated carbocycles. The molecule has 0 fully saturated rings. The molecule has 2 rings (SSSR count). The van der Waals surface area contributed by atoms with Crippen LogP contribution in [0.3, 0.4) is 0 Å². The van der Waals surface area contributed by atoms with Gasteiger partial charge in [-0.2, -0.15) is 0 Å². The fourth-order valence-electron chi connectivity index (χ4n) is 2.52. The summed E-state index contributed by atoms with van der Waals surface area (Å²) in [6.45, 7) is 0.262. The van der Waals surface area contributed by atoms with Crippen LogP contribution in [0.1, 0.15) is 15.9 Å². The van der Waals surface area contributed by atoms with Crippen LogP contribution >= 0.6 is 11.8 Å². The second-order valence-corrected chi connectivity index (χ2v) is 6.15. The summed E-state index contributed by atoms with van der Waals surface area (Å²) in [5, 5.41) is 14.1. The van der Waals surface area contributed by atoms with Crippen molar-refractivity contribution in [2.24, 2.45) is 0 Å². The number of rotatable bonds is 8. The number of nitrogens with one attached hydrogen (secondary N) is 1. The van der Waals surface area contributed by atoms with E-state index in [0.29, 0.717) is 29.0 Å². The summed E-state index contributed by atoms with van der Waals surface area (Å²) in [6.07, 6.45) is 2.20. The van der Waals surface area contributed by atoms with Crippen LogP contribution in [0.2, 0.25) is 0 Å². The normalized spacial score (nSPS) is 10.3. The van der Waals surface area contributed by atoms with Gasteiger partial charge in [0.15, 0.2) is 11.5 Å². The monoisotopic (exact) mass is 376 g/mol. The Bertz CT molecular complexity index is 810. The Morgan fingerprint density at radius 2 is 1.85 bits per heavy atom. The Balaban J connectivity index is 2.14. The Hall–Kier alpha value is -2.74. The molecule has 0 aliphatic heterocycles. The van der Waals surface area contributed by atoms with Gasteiger partial charge in [0.1, 0.15) is 0 Å². The SMILES string of the molecule is COc1cc(CCNC(=O)c2ccccc2SC)c([N+](=O)[O-])cc1OC. The summed E-state index contributed by atoms with van der Waals surface area (Å²) in [6, 6.07) is 10.2. The number of hydrogen-bond donors (Lipinski definition) is 1. The van der Waals surface area contributed by atoms with E-state index < -0.39 is 4.92 Å². The molecule has 0 saturated heterocycles. The molecule has 0 aliphatic carbocycles. The maximum absolute atomic E-state index is 12.4. The molecule has 0 bridgehead atoms. The molecule has 2 aromatic carbocycles. The summed E-state index contributed by atoms with van der Waals surface area (Å²) in [5.41, 5.74) is 0.981. The van der Waals surface area contributed by atoms with Crippen molar-refractivity contribution in [3.8, 4) is 11.5 Å². The number of hydrogen-bond acceptors (Lipinski definition) is 6. The van der Waals surface area contributed by atoms with Crippen molar-refractivity contribution < 1.29 is 19.2 Å². The zero-order valence-corrected chi connectivity index (χ0v) is 15.6. The third kappa shape index (κ3) is 4.45. The molecular weight excluding hydrogens is 356 g/mol. The molecule has 0 radical (unpaired) electrons. The van der Waals surface area contributed by atoms with Gasteiger partial charge in [-0.05, 0) is 30.9 Å². The first-order valence-electron chi connectivity index (χ1n) is 7.82. The van der Waals surface area contributed by atoms with Gasteiger partial charge >= 0.3 is 0 Å². The van der Waals surface area contributed by atoms with Crippen LogP contribution in [-0.4, -0.2) is 37.9 Å². The Morgan fingerprint density at radius 1 is 1.19 bits per heavy atom. The van der Waals surface area contributed by atoms with Crippen LogP contribution in [0, 0.1) is 10.1 Å². The van der Waals surface area contributed by atoms with E-state index in [1.54, 1.807) is 18.2 Å². The van der Waals surface area contributed by atoms with E-state index in [4.69, 9.17) is 9.47 Å². The number of thioether (sulfide) groups is 1. The van der Waals surface area contributed by atoms with Crippen molar-refractivity contribution in [1.29, 1.82) is 0 Å². The van der Waals surface area contributed by atoms with Crippen LogP contribution in [0.4, 0.5) is 5.69 Å². The summed E-state index contributed by atoms with van der Waals surface area (Å²) in [4.78, 5) is 24.1. The van der Waals surface area contributed by atoms with Crippen LogP contribution in [0.25, 0.3) is 0 Å². The summed E-state index contributed by atoms with van der Waals surface area (Å²) in [7, 11) is 2.89. The van der Waals surface area contributed by atoms with Gasteiger partial charge in [-0.1, -0.05) is 12.1 Å². The second-order valence-electron chi connectivity index (χ2n) is 5.30. The summed E-state index contributed by atoms with van der Waals surface area (Å²) >= 11 is 1.49. The molecule has 0 heterocycles. The average molecular weight is 376 g/mol. The Kier molecular flexibility index (Phi) is 6.85. The molecule has 0 aromatic heterocycles. The predicted octanol–water partition coefficient (Wildman–Crippen LogP) is 3.31. The third-order valence-corrected chi connectivity index (χ3v) is 4.61. The number of methoxy groups -OCH3 is 2. The second kappa shape index (κ2) is 9.10. The maximum Gasteiger partial charge on any atom is 0.276 e. The molecule has 26 heavy (non-hydrogen) atoms. The fraction of sp³-hybridized carbons (Fsp3) is 0.278. The number of ether oxygens (including phenoxy) is 2. The van der Waals surface area contributed by atoms with Gasteiger partial charge in [-0.15, -0.1) is 11.8 Å². The van der Waals surface area contributed by atoms with Crippen LogP contribution in [0.15, 0.2) is 41.3 Å².